The Labute approximate surface area is 55.8 Å². The van der Waals surface area contributed by atoms with E-state index >= 15 is 0 Å². The van der Waals surface area contributed by atoms with E-state index in [0.717, 1.165) is 25.9 Å². The summed E-state index contributed by atoms with van der Waals surface area (Å²) in [6.07, 6.45) is 4.05. The van der Waals surface area contributed by atoms with Gasteiger partial charge in [-0.05, 0) is 33.0 Å². The van der Waals surface area contributed by atoms with Crippen molar-refractivity contribution in [3.63, 3.8) is 0 Å². The molecule has 0 atom stereocenters. The van der Waals surface area contributed by atoms with E-state index in [2.05, 4.69) is 11.9 Å². The number of hydrogen-bond donors (Lipinski definition) is 0. The predicted molar refractivity (Wildman–Crippen MR) is 35.9 cm³/mol. The highest BCUT2D eigenvalue weighted by molar-refractivity contribution is 5.54. The van der Waals surface area contributed by atoms with Gasteiger partial charge in [-0.2, -0.15) is 0 Å². The average molecular weight is 126 g/mol. The number of carbonyl (C=O) groups excluding carboxylic acids is 1. The standard InChI is InChI=1S/C7H12NO/c1-8-4-2-7(6-9)3-5-8/h7H,2-5H2,1H3. The van der Waals surface area contributed by atoms with Crippen LogP contribution in [0.4, 0.5) is 0 Å². The molecular formula is C7H12NO. The Kier molecular flexibility index (Phi) is 2.22. The lowest BCUT2D eigenvalue weighted by Gasteiger charge is -2.24. The number of likely N-dealkylation sites (tertiary alicyclic amines) is 1. The van der Waals surface area contributed by atoms with Crippen LogP contribution < -0.4 is 0 Å². The topological polar surface area (TPSA) is 20.3 Å². The van der Waals surface area contributed by atoms with E-state index in [1.807, 2.05) is 6.29 Å². The molecule has 1 fully saturated rings. The highest BCUT2D eigenvalue weighted by atomic mass is 16.1. The number of rotatable bonds is 1. The molecule has 0 N–H and O–H groups in total. The first-order valence-corrected chi connectivity index (χ1v) is 3.39. The van der Waals surface area contributed by atoms with E-state index in [0.29, 0.717) is 0 Å². The minimum Gasteiger partial charge on any atom is -0.306 e. The van der Waals surface area contributed by atoms with Gasteiger partial charge in [0.1, 0.15) is 0 Å². The van der Waals surface area contributed by atoms with Gasteiger partial charge in [-0.15, -0.1) is 0 Å². The monoisotopic (exact) mass is 126 g/mol. The third kappa shape index (κ3) is 1.79. The quantitative estimate of drug-likeness (QED) is 0.508. The molecular weight excluding hydrogens is 114 g/mol. The van der Waals surface area contributed by atoms with E-state index < -0.39 is 0 Å². The minimum atomic E-state index is 0.223. The van der Waals surface area contributed by atoms with E-state index in [9.17, 15) is 4.79 Å². The molecule has 0 aromatic carbocycles. The summed E-state index contributed by atoms with van der Waals surface area (Å²) in [6.45, 7) is 2.11. The zero-order chi connectivity index (χ0) is 6.69. The van der Waals surface area contributed by atoms with Gasteiger partial charge >= 0.3 is 0 Å². The molecule has 0 saturated carbocycles. The molecule has 0 aromatic heterocycles. The van der Waals surface area contributed by atoms with Crippen LogP contribution in [0.5, 0.6) is 0 Å². The van der Waals surface area contributed by atoms with Gasteiger partial charge in [0.25, 0.3) is 0 Å². The first kappa shape index (κ1) is 6.75. The maximum Gasteiger partial charge on any atom is 0.201 e. The predicted octanol–water partition coefficient (Wildman–Crippen LogP) is 0.438. The highest BCUT2D eigenvalue weighted by Gasteiger charge is 2.15. The molecule has 1 heterocycles. The maximum atomic E-state index is 10.1. The van der Waals surface area contributed by atoms with Crippen molar-refractivity contribution in [3.8, 4) is 0 Å². The van der Waals surface area contributed by atoms with Crippen LogP contribution in [-0.2, 0) is 4.79 Å². The van der Waals surface area contributed by atoms with Gasteiger partial charge in [-0.1, -0.05) is 0 Å². The normalized spacial score (nSPS) is 24.1. The summed E-state index contributed by atoms with van der Waals surface area (Å²) in [7, 11) is 2.08. The Morgan fingerprint density at radius 1 is 1.44 bits per heavy atom. The molecule has 0 aromatic rings. The lowest BCUT2D eigenvalue weighted by atomic mass is 9.99. The van der Waals surface area contributed by atoms with Crippen molar-refractivity contribution in [3.05, 3.63) is 0 Å². The van der Waals surface area contributed by atoms with E-state index in [-0.39, 0.29) is 5.92 Å². The summed E-state index contributed by atoms with van der Waals surface area (Å²) in [5.41, 5.74) is 0. The second-order valence-corrected chi connectivity index (χ2v) is 2.70. The molecule has 51 valence electrons. The molecule has 2 nitrogen and oxygen atoms in total. The zero-order valence-corrected chi connectivity index (χ0v) is 5.76. The molecule has 9 heavy (non-hydrogen) atoms. The lowest BCUT2D eigenvalue weighted by molar-refractivity contribution is 0.249. The van der Waals surface area contributed by atoms with Gasteiger partial charge in [-0.3, -0.25) is 4.79 Å². The Balaban J connectivity index is 2.26. The minimum absolute atomic E-state index is 0.223. The van der Waals surface area contributed by atoms with Crippen LogP contribution in [0, 0.1) is 5.92 Å². The second-order valence-electron chi connectivity index (χ2n) is 2.70. The van der Waals surface area contributed by atoms with Crippen molar-refractivity contribution >= 4 is 6.29 Å². The van der Waals surface area contributed by atoms with Gasteiger partial charge in [0.15, 0.2) is 0 Å². The molecule has 1 aliphatic heterocycles. The fraction of sp³-hybridized carbons (Fsp3) is 0.857. The highest BCUT2D eigenvalue weighted by Crippen LogP contribution is 2.12. The zero-order valence-electron chi connectivity index (χ0n) is 5.76. The molecule has 1 radical (unpaired) electrons. The summed E-state index contributed by atoms with van der Waals surface area (Å²) in [4.78, 5) is 12.4. The van der Waals surface area contributed by atoms with E-state index in [1.165, 1.54) is 0 Å². The van der Waals surface area contributed by atoms with Crippen LogP contribution in [0.1, 0.15) is 12.8 Å². The Morgan fingerprint density at radius 2 is 2.00 bits per heavy atom. The van der Waals surface area contributed by atoms with Crippen molar-refractivity contribution in [2.45, 2.75) is 12.8 Å². The molecule has 1 aliphatic rings. The summed E-state index contributed by atoms with van der Waals surface area (Å²) in [5, 5.41) is 0. The average Bonchev–Trinajstić information content (AvgIpc) is 1.90. The third-order valence-electron chi connectivity index (χ3n) is 1.89. The van der Waals surface area contributed by atoms with E-state index in [4.69, 9.17) is 0 Å². The molecule has 0 unspecified atom stereocenters. The van der Waals surface area contributed by atoms with Crippen molar-refractivity contribution in [2.24, 2.45) is 5.92 Å². The molecule has 1 rings (SSSR count). The molecule has 0 spiro atoms. The van der Waals surface area contributed by atoms with Crippen LogP contribution in [0.3, 0.4) is 0 Å². The van der Waals surface area contributed by atoms with Gasteiger partial charge in [0.05, 0.1) is 0 Å². The Bertz CT molecular complexity index is 95.1. The van der Waals surface area contributed by atoms with Crippen molar-refractivity contribution in [1.29, 1.82) is 0 Å². The number of nitrogens with zero attached hydrogens (tertiary/aromatic N) is 1. The molecule has 0 bridgehead atoms. The molecule has 0 aliphatic carbocycles. The first-order valence-electron chi connectivity index (χ1n) is 3.39. The maximum absolute atomic E-state index is 10.1. The van der Waals surface area contributed by atoms with Crippen molar-refractivity contribution < 1.29 is 4.79 Å². The number of piperidine rings is 1. The summed E-state index contributed by atoms with van der Waals surface area (Å²) >= 11 is 0. The van der Waals surface area contributed by atoms with Crippen molar-refractivity contribution in [2.75, 3.05) is 20.1 Å². The van der Waals surface area contributed by atoms with Crippen LogP contribution in [0.15, 0.2) is 0 Å². The third-order valence-corrected chi connectivity index (χ3v) is 1.89. The SMILES string of the molecule is CN1CCC([C]=O)CC1. The van der Waals surface area contributed by atoms with Crippen LogP contribution in [0.25, 0.3) is 0 Å². The van der Waals surface area contributed by atoms with E-state index in [1.54, 1.807) is 0 Å². The van der Waals surface area contributed by atoms with Crippen molar-refractivity contribution in [1.82, 2.24) is 4.90 Å². The van der Waals surface area contributed by atoms with Crippen LogP contribution >= 0.6 is 0 Å². The van der Waals surface area contributed by atoms with Gasteiger partial charge in [0.2, 0.25) is 6.29 Å². The fourth-order valence-electron chi connectivity index (χ4n) is 1.13. The summed E-state index contributed by atoms with van der Waals surface area (Å²) in [5.74, 6) is 0.223. The first-order chi connectivity index (χ1) is 4.33. The van der Waals surface area contributed by atoms with Gasteiger partial charge in [-0.25, -0.2) is 0 Å². The Hall–Kier alpha value is -0.370. The van der Waals surface area contributed by atoms with Gasteiger partial charge < -0.3 is 4.90 Å². The van der Waals surface area contributed by atoms with Crippen LogP contribution in [-0.4, -0.2) is 31.3 Å². The number of hydrogen-bond acceptors (Lipinski definition) is 2. The van der Waals surface area contributed by atoms with Crippen LogP contribution in [0.2, 0.25) is 0 Å². The smallest absolute Gasteiger partial charge is 0.201 e. The molecule has 2 heteroatoms. The van der Waals surface area contributed by atoms with Gasteiger partial charge in [0, 0.05) is 5.92 Å². The summed E-state index contributed by atoms with van der Waals surface area (Å²) < 4.78 is 0. The molecule has 0 amide bonds. The lowest BCUT2D eigenvalue weighted by Crippen LogP contribution is -2.30. The Morgan fingerprint density at radius 3 is 2.44 bits per heavy atom. The second kappa shape index (κ2) is 2.97. The largest absolute Gasteiger partial charge is 0.306 e. The fourth-order valence-corrected chi connectivity index (χ4v) is 1.13. The molecule has 1 saturated heterocycles. The summed E-state index contributed by atoms with van der Waals surface area (Å²) in [6, 6.07) is 0.